The Balaban J connectivity index is 1.42. The Bertz CT molecular complexity index is 1600. The molecule has 0 aromatic heterocycles. The highest BCUT2D eigenvalue weighted by molar-refractivity contribution is 6.00. The summed E-state index contributed by atoms with van der Waals surface area (Å²) in [4.78, 5) is 43.7. The van der Waals surface area contributed by atoms with Gasteiger partial charge < -0.3 is 35.8 Å². The number of aliphatic hydroxyl groups is 1. The van der Waals surface area contributed by atoms with Crippen LogP contribution in [0.1, 0.15) is 88.1 Å². The van der Waals surface area contributed by atoms with E-state index in [9.17, 15) is 19.5 Å². The first-order valence-corrected chi connectivity index (χ1v) is 19.0. The molecule has 0 fully saturated rings. The molecule has 1 aliphatic heterocycles. The van der Waals surface area contributed by atoms with Gasteiger partial charge in [-0.3, -0.25) is 19.3 Å². The highest BCUT2D eigenvalue weighted by atomic mass is 16.5. The number of hydrogen-bond donors (Lipinski definition) is 4. The average Bonchev–Trinajstić information content (AvgIpc) is 3.14. The van der Waals surface area contributed by atoms with Crippen molar-refractivity contribution in [3.05, 3.63) is 83.9 Å². The number of hydrogen-bond acceptors (Lipinski definition) is 8. The van der Waals surface area contributed by atoms with Crippen molar-refractivity contribution in [1.82, 2.24) is 9.80 Å². The zero-order chi connectivity index (χ0) is 38.2. The van der Waals surface area contributed by atoms with Crippen molar-refractivity contribution in [2.75, 3.05) is 49.7 Å². The van der Waals surface area contributed by atoms with Crippen molar-refractivity contribution in [1.29, 1.82) is 0 Å². The van der Waals surface area contributed by atoms with Crippen LogP contribution >= 0.6 is 0 Å². The van der Waals surface area contributed by atoms with Gasteiger partial charge in [0.25, 0.3) is 5.91 Å². The summed E-state index contributed by atoms with van der Waals surface area (Å²) in [7, 11) is 2.08. The first kappa shape index (κ1) is 41.3. The minimum atomic E-state index is -0.462. The Morgan fingerprint density at radius 1 is 0.962 bits per heavy atom. The lowest BCUT2D eigenvalue weighted by atomic mass is 10.0. The van der Waals surface area contributed by atoms with Gasteiger partial charge in [0.1, 0.15) is 5.75 Å². The monoisotopic (exact) mass is 729 g/mol. The number of amides is 3. The number of aliphatic hydroxyl groups excluding tert-OH is 1. The summed E-state index contributed by atoms with van der Waals surface area (Å²) in [6, 6.07) is 22.2. The molecule has 4 rings (SSSR count). The van der Waals surface area contributed by atoms with Gasteiger partial charge in [-0.05, 0) is 88.9 Å². The second-order valence-corrected chi connectivity index (χ2v) is 14.4. The van der Waals surface area contributed by atoms with Crippen molar-refractivity contribution in [3.63, 3.8) is 0 Å². The average molecular weight is 730 g/mol. The lowest BCUT2D eigenvalue weighted by Crippen LogP contribution is -2.47. The fourth-order valence-corrected chi connectivity index (χ4v) is 6.52. The van der Waals surface area contributed by atoms with E-state index in [0.717, 1.165) is 25.8 Å². The molecule has 3 aromatic carbocycles. The fourth-order valence-electron chi connectivity index (χ4n) is 6.52. The Morgan fingerprint density at radius 2 is 1.66 bits per heavy atom. The van der Waals surface area contributed by atoms with Crippen LogP contribution in [0, 0.1) is 5.92 Å². The Hall–Kier alpha value is -4.45. The number of nitrogens with one attached hydrogen (secondary N) is 2. The van der Waals surface area contributed by atoms with Crippen molar-refractivity contribution in [2.45, 2.75) is 96.9 Å². The first-order valence-electron chi connectivity index (χ1n) is 19.0. The number of nitrogens with two attached hydrogens (primary N) is 1. The predicted molar refractivity (Wildman–Crippen MR) is 211 cm³/mol. The molecular weight excluding hydrogens is 670 g/mol. The highest BCUT2D eigenvalue weighted by Gasteiger charge is 2.30. The zero-order valence-electron chi connectivity index (χ0n) is 31.9. The number of para-hydroxylation sites is 2. The van der Waals surface area contributed by atoms with E-state index in [4.69, 9.17) is 15.2 Å². The lowest BCUT2D eigenvalue weighted by molar-refractivity contribution is -0.116. The number of carbonyl (C=O) groups is 3. The second kappa shape index (κ2) is 21.3. The van der Waals surface area contributed by atoms with Gasteiger partial charge in [-0.15, -0.1) is 0 Å². The van der Waals surface area contributed by atoms with E-state index >= 15 is 0 Å². The van der Waals surface area contributed by atoms with E-state index in [-0.39, 0.29) is 48.9 Å². The van der Waals surface area contributed by atoms with Gasteiger partial charge in [0, 0.05) is 50.7 Å². The molecule has 0 saturated heterocycles. The van der Waals surface area contributed by atoms with Crippen molar-refractivity contribution < 1.29 is 29.0 Å². The smallest absolute Gasteiger partial charge is 0.258 e. The molecule has 11 nitrogen and oxygen atoms in total. The first-order chi connectivity index (χ1) is 25.5. The molecule has 3 amide bonds. The molecule has 288 valence electrons. The molecule has 5 N–H and O–H groups in total. The van der Waals surface area contributed by atoms with E-state index in [1.807, 2.05) is 44.2 Å². The number of likely N-dealkylation sites (N-methyl/N-ethyl adjacent to an activating group) is 1. The van der Waals surface area contributed by atoms with Gasteiger partial charge >= 0.3 is 0 Å². The van der Waals surface area contributed by atoms with Crippen LogP contribution in [0.5, 0.6) is 5.75 Å². The summed E-state index contributed by atoms with van der Waals surface area (Å²) < 4.78 is 12.8. The SMILES string of the molecule is C[C@@H]1CCCCO[C@H](CN(C)Cc2ccccc2)[C@@H](C)CN([C@@H](C)CO)C(=O)c2cc(NC(=O)CCCCCC(=O)Nc3ccccc3N)ccc2O1. The van der Waals surface area contributed by atoms with E-state index in [1.165, 1.54) is 5.56 Å². The van der Waals surface area contributed by atoms with Crippen LogP contribution in [0.2, 0.25) is 0 Å². The number of nitrogen functional groups attached to an aromatic ring is 1. The third-order valence-electron chi connectivity index (χ3n) is 9.66. The van der Waals surface area contributed by atoms with Crippen LogP contribution in [0.15, 0.2) is 72.8 Å². The number of benzene rings is 3. The second-order valence-electron chi connectivity index (χ2n) is 14.4. The number of nitrogens with zero attached hydrogens (tertiary/aromatic N) is 2. The predicted octanol–water partition coefficient (Wildman–Crippen LogP) is 6.72. The maximum absolute atomic E-state index is 14.4. The molecular formula is C42H59N5O6. The van der Waals surface area contributed by atoms with E-state index in [1.54, 1.807) is 35.2 Å². The van der Waals surface area contributed by atoms with E-state index in [0.29, 0.717) is 73.8 Å². The molecule has 0 unspecified atom stereocenters. The maximum atomic E-state index is 14.4. The molecule has 11 heteroatoms. The number of rotatable bonds is 14. The van der Waals surface area contributed by atoms with E-state index < -0.39 is 6.04 Å². The minimum Gasteiger partial charge on any atom is -0.490 e. The number of fused-ring (bicyclic) bond motifs is 1. The van der Waals surface area contributed by atoms with Crippen LogP contribution in [-0.4, -0.2) is 84.2 Å². The fraction of sp³-hybridized carbons (Fsp3) is 0.500. The van der Waals surface area contributed by atoms with Gasteiger partial charge in [0.2, 0.25) is 11.8 Å². The highest BCUT2D eigenvalue weighted by Crippen LogP contribution is 2.29. The van der Waals surface area contributed by atoms with Crippen molar-refractivity contribution >= 4 is 34.8 Å². The van der Waals surface area contributed by atoms with Crippen molar-refractivity contribution in [3.8, 4) is 5.75 Å². The summed E-state index contributed by atoms with van der Waals surface area (Å²) in [5, 5.41) is 16.1. The van der Waals surface area contributed by atoms with Gasteiger partial charge in [-0.25, -0.2) is 0 Å². The summed E-state index contributed by atoms with van der Waals surface area (Å²) in [5.41, 5.74) is 9.07. The van der Waals surface area contributed by atoms with Crippen LogP contribution < -0.4 is 21.1 Å². The molecule has 0 bridgehead atoms. The van der Waals surface area contributed by atoms with E-state index in [2.05, 4.69) is 41.6 Å². The maximum Gasteiger partial charge on any atom is 0.258 e. The summed E-state index contributed by atoms with van der Waals surface area (Å²) in [6.07, 6.45) is 4.89. The normalized spacial score (nSPS) is 19.1. The molecule has 0 saturated carbocycles. The minimum absolute atomic E-state index is 0.0390. The summed E-state index contributed by atoms with van der Waals surface area (Å²) >= 11 is 0. The Labute approximate surface area is 315 Å². The summed E-state index contributed by atoms with van der Waals surface area (Å²) in [6.45, 7) is 8.17. The van der Waals surface area contributed by atoms with Gasteiger partial charge in [0.05, 0.1) is 41.8 Å². The van der Waals surface area contributed by atoms with Crippen LogP contribution in [0.3, 0.4) is 0 Å². The number of anilines is 3. The molecule has 53 heavy (non-hydrogen) atoms. The molecule has 0 aliphatic carbocycles. The molecule has 0 spiro atoms. The van der Waals surface area contributed by atoms with Crippen LogP contribution in [-0.2, 0) is 20.9 Å². The molecule has 0 radical (unpaired) electrons. The quantitative estimate of drug-likeness (QED) is 0.106. The Morgan fingerprint density at radius 3 is 2.38 bits per heavy atom. The van der Waals surface area contributed by atoms with Crippen molar-refractivity contribution in [2.24, 2.45) is 5.92 Å². The number of unbranched alkanes of at least 4 members (excludes halogenated alkanes) is 2. The van der Waals surface area contributed by atoms with Gasteiger partial charge in [-0.1, -0.05) is 55.8 Å². The van der Waals surface area contributed by atoms with Gasteiger partial charge in [0.15, 0.2) is 0 Å². The summed E-state index contributed by atoms with van der Waals surface area (Å²) in [5.74, 6) is -0.159. The van der Waals surface area contributed by atoms with Crippen LogP contribution in [0.4, 0.5) is 17.1 Å². The van der Waals surface area contributed by atoms with Crippen LogP contribution in [0.25, 0.3) is 0 Å². The molecule has 3 aromatic rings. The molecule has 4 atom stereocenters. The number of ether oxygens (including phenoxy) is 2. The third kappa shape index (κ3) is 13.5. The third-order valence-corrected chi connectivity index (χ3v) is 9.66. The van der Waals surface area contributed by atoms with Gasteiger partial charge in [-0.2, -0.15) is 0 Å². The molecule has 1 aliphatic rings. The standard InChI is InChI=1S/C42H59N5O6/c1-30-26-47(31(2)29-48)42(51)35-25-34(44-40(49)20-9-6-10-21-41(50)45-37-19-12-11-18-36(37)43)22-23-38(35)53-32(3)15-13-14-24-52-39(30)28-46(4)27-33-16-7-5-8-17-33/h5,7-8,11-12,16-19,22-23,25,30-32,39,48H,6,9-10,13-15,20-21,24,26-29,43H2,1-4H3,(H,44,49)(H,45,50)/t30-,31-,32+,39+/m0/s1. The lowest BCUT2D eigenvalue weighted by Gasteiger charge is -2.36. The molecule has 1 heterocycles. The largest absolute Gasteiger partial charge is 0.490 e. The number of carbonyl (C=O) groups excluding carboxylic acids is 3. The topological polar surface area (TPSA) is 146 Å². The zero-order valence-corrected chi connectivity index (χ0v) is 31.9. The Kier molecular flexibility index (Phi) is 16.6.